The summed E-state index contributed by atoms with van der Waals surface area (Å²) in [5, 5.41) is 10.2. The summed E-state index contributed by atoms with van der Waals surface area (Å²) in [5.74, 6) is 0.0497. The zero-order chi connectivity index (χ0) is 19.9. The van der Waals surface area contributed by atoms with Crippen molar-refractivity contribution in [3.8, 4) is 11.5 Å². The molecular weight excluding hydrogens is 357 g/mol. The number of ether oxygens (including phenoxy) is 2. The number of benzene rings is 3. The van der Waals surface area contributed by atoms with E-state index in [0.717, 1.165) is 11.1 Å². The van der Waals surface area contributed by atoms with Gasteiger partial charge in [0.1, 0.15) is 19.0 Å². The lowest BCUT2D eigenvalue weighted by Gasteiger charge is -2.19. The Bertz CT molecular complexity index is 885. The lowest BCUT2D eigenvalue weighted by atomic mass is 10.0. The molecule has 0 radical (unpaired) electrons. The molecule has 0 saturated carbocycles. The average molecular weight is 381 g/mol. The van der Waals surface area contributed by atoms with Crippen molar-refractivity contribution < 1.29 is 19.0 Å². The fraction of sp³-hybridized carbons (Fsp3) is 0.217. The Morgan fingerprint density at radius 3 is 1.79 bits per heavy atom. The first-order chi connectivity index (χ1) is 13.5. The van der Waals surface area contributed by atoms with Crippen LogP contribution in [0, 0.1) is 5.82 Å². The molecule has 0 heterocycles. The largest absolute Gasteiger partial charge is 0.485 e. The molecule has 3 N–H and O–H groups in total. The van der Waals surface area contributed by atoms with Gasteiger partial charge in [0, 0.05) is 17.7 Å². The first kappa shape index (κ1) is 19.9. The van der Waals surface area contributed by atoms with Gasteiger partial charge in [-0.25, -0.2) is 4.39 Å². The molecule has 3 rings (SSSR count). The summed E-state index contributed by atoms with van der Waals surface area (Å²) < 4.78 is 26.3. The van der Waals surface area contributed by atoms with Crippen LogP contribution in [0.4, 0.5) is 4.39 Å². The highest BCUT2D eigenvalue weighted by atomic mass is 19.1. The minimum absolute atomic E-state index is 0.0881. The molecule has 4 nitrogen and oxygen atoms in total. The SMILES string of the molecule is CC(N)C(O)c1cc(OCc2ccccc2)c(OCc2ccccc2)cc1F. The van der Waals surface area contributed by atoms with Gasteiger partial charge >= 0.3 is 0 Å². The lowest BCUT2D eigenvalue weighted by Crippen LogP contribution is -2.25. The quantitative estimate of drug-likeness (QED) is 0.608. The predicted molar refractivity (Wildman–Crippen MR) is 107 cm³/mol. The van der Waals surface area contributed by atoms with Gasteiger partial charge in [-0.1, -0.05) is 60.7 Å². The van der Waals surface area contributed by atoms with Crippen molar-refractivity contribution in [2.75, 3.05) is 0 Å². The first-order valence-electron chi connectivity index (χ1n) is 9.15. The van der Waals surface area contributed by atoms with Gasteiger partial charge in [-0.15, -0.1) is 0 Å². The first-order valence-corrected chi connectivity index (χ1v) is 9.15. The average Bonchev–Trinajstić information content (AvgIpc) is 2.72. The summed E-state index contributed by atoms with van der Waals surface area (Å²) in [6, 6.07) is 21.3. The van der Waals surface area contributed by atoms with Crippen molar-refractivity contribution in [2.24, 2.45) is 5.73 Å². The second-order valence-electron chi connectivity index (χ2n) is 6.67. The molecule has 2 unspecified atom stereocenters. The molecule has 28 heavy (non-hydrogen) atoms. The van der Waals surface area contributed by atoms with E-state index in [1.165, 1.54) is 12.1 Å². The summed E-state index contributed by atoms with van der Waals surface area (Å²) in [6.07, 6.45) is -1.14. The molecule has 0 aliphatic heterocycles. The standard InChI is InChI=1S/C23H24FNO3/c1-16(25)23(26)19-12-21(27-14-17-8-4-2-5-9-17)22(13-20(19)24)28-15-18-10-6-3-7-11-18/h2-13,16,23,26H,14-15,25H2,1H3. The number of aliphatic hydroxyl groups excluding tert-OH is 1. The van der Waals surface area contributed by atoms with Crippen LogP contribution in [-0.2, 0) is 13.2 Å². The Labute approximate surface area is 164 Å². The van der Waals surface area contributed by atoms with E-state index < -0.39 is 18.0 Å². The van der Waals surface area contributed by atoms with E-state index in [9.17, 15) is 9.50 Å². The molecule has 0 aliphatic carbocycles. The molecule has 0 aromatic heterocycles. The molecule has 0 aliphatic rings. The summed E-state index contributed by atoms with van der Waals surface area (Å²) >= 11 is 0. The molecular formula is C23H24FNO3. The third-order valence-corrected chi connectivity index (χ3v) is 4.35. The molecule has 0 bridgehead atoms. The predicted octanol–water partition coefficient (Wildman–Crippen LogP) is 4.36. The van der Waals surface area contributed by atoms with Gasteiger partial charge < -0.3 is 20.3 Å². The van der Waals surface area contributed by atoms with E-state index >= 15 is 0 Å². The van der Waals surface area contributed by atoms with Gasteiger partial charge in [0.15, 0.2) is 11.5 Å². The van der Waals surface area contributed by atoms with Crippen molar-refractivity contribution in [3.05, 3.63) is 95.3 Å². The Hall–Kier alpha value is -2.89. The maximum Gasteiger partial charge on any atom is 0.164 e. The van der Waals surface area contributed by atoms with Crippen molar-refractivity contribution >= 4 is 0 Å². The third kappa shape index (κ3) is 5.09. The van der Waals surface area contributed by atoms with Crippen LogP contribution in [-0.4, -0.2) is 11.1 Å². The molecule has 5 heteroatoms. The molecule has 0 saturated heterocycles. The molecule has 146 valence electrons. The molecule has 3 aromatic carbocycles. The number of rotatable bonds is 8. The van der Waals surface area contributed by atoms with Crippen molar-refractivity contribution in [2.45, 2.75) is 32.3 Å². The number of nitrogens with two attached hydrogens (primary N) is 1. The molecule has 3 aromatic rings. The normalized spacial score (nSPS) is 13.0. The molecule has 0 amide bonds. The van der Waals surface area contributed by atoms with Crippen molar-refractivity contribution in [3.63, 3.8) is 0 Å². The van der Waals surface area contributed by atoms with Crippen LogP contribution >= 0.6 is 0 Å². The van der Waals surface area contributed by atoms with E-state index in [4.69, 9.17) is 15.2 Å². The minimum Gasteiger partial charge on any atom is -0.485 e. The van der Waals surface area contributed by atoms with Gasteiger partial charge in [-0.3, -0.25) is 0 Å². The number of halogens is 1. The lowest BCUT2D eigenvalue weighted by molar-refractivity contribution is 0.147. The molecule has 2 atom stereocenters. The topological polar surface area (TPSA) is 64.7 Å². The summed E-state index contributed by atoms with van der Waals surface area (Å²) in [4.78, 5) is 0. The van der Waals surface area contributed by atoms with Gasteiger partial charge in [-0.2, -0.15) is 0 Å². The Balaban J connectivity index is 1.86. The minimum atomic E-state index is -1.14. The van der Waals surface area contributed by atoms with Crippen LogP contribution in [0.2, 0.25) is 0 Å². The second-order valence-corrected chi connectivity index (χ2v) is 6.67. The van der Waals surface area contributed by atoms with Crippen LogP contribution in [0.1, 0.15) is 29.7 Å². The van der Waals surface area contributed by atoms with E-state index in [1.54, 1.807) is 6.92 Å². The fourth-order valence-electron chi connectivity index (χ4n) is 2.76. The van der Waals surface area contributed by atoms with E-state index in [1.807, 2.05) is 60.7 Å². The highest BCUT2D eigenvalue weighted by Gasteiger charge is 2.21. The number of hydrogen-bond donors (Lipinski definition) is 2. The summed E-state index contributed by atoms with van der Waals surface area (Å²) in [5.41, 5.74) is 7.75. The Morgan fingerprint density at radius 1 is 0.857 bits per heavy atom. The van der Waals surface area contributed by atoms with Crippen LogP contribution in [0.3, 0.4) is 0 Å². The highest BCUT2D eigenvalue weighted by molar-refractivity contribution is 5.45. The summed E-state index contributed by atoms with van der Waals surface area (Å²) in [6.45, 7) is 2.19. The maximum atomic E-state index is 14.6. The fourth-order valence-corrected chi connectivity index (χ4v) is 2.76. The van der Waals surface area contributed by atoms with E-state index in [0.29, 0.717) is 12.4 Å². The van der Waals surface area contributed by atoms with Gasteiger partial charge in [0.2, 0.25) is 0 Å². The van der Waals surface area contributed by atoms with Crippen LogP contribution in [0.5, 0.6) is 11.5 Å². The smallest absolute Gasteiger partial charge is 0.164 e. The molecule has 0 fully saturated rings. The van der Waals surface area contributed by atoms with Gasteiger partial charge in [-0.05, 0) is 24.1 Å². The second kappa shape index (κ2) is 9.35. The van der Waals surface area contributed by atoms with Crippen molar-refractivity contribution in [1.29, 1.82) is 0 Å². The van der Waals surface area contributed by atoms with Crippen LogP contribution in [0.15, 0.2) is 72.8 Å². The van der Waals surface area contributed by atoms with E-state index in [2.05, 4.69) is 0 Å². The zero-order valence-corrected chi connectivity index (χ0v) is 15.7. The molecule has 0 spiro atoms. The van der Waals surface area contributed by atoms with Gasteiger partial charge in [0.25, 0.3) is 0 Å². The van der Waals surface area contributed by atoms with Crippen molar-refractivity contribution in [1.82, 2.24) is 0 Å². The number of aliphatic hydroxyl groups is 1. The maximum absolute atomic E-state index is 14.6. The monoisotopic (exact) mass is 381 g/mol. The number of hydrogen-bond acceptors (Lipinski definition) is 4. The van der Waals surface area contributed by atoms with Crippen LogP contribution in [0.25, 0.3) is 0 Å². The third-order valence-electron chi connectivity index (χ3n) is 4.35. The van der Waals surface area contributed by atoms with Gasteiger partial charge in [0.05, 0.1) is 6.10 Å². The van der Waals surface area contributed by atoms with Crippen LogP contribution < -0.4 is 15.2 Å². The van der Waals surface area contributed by atoms with E-state index in [-0.39, 0.29) is 17.9 Å². The zero-order valence-electron chi connectivity index (χ0n) is 15.7. The Morgan fingerprint density at radius 2 is 1.32 bits per heavy atom. The summed E-state index contributed by atoms with van der Waals surface area (Å²) in [7, 11) is 0. The Kier molecular flexibility index (Phi) is 6.63. The highest BCUT2D eigenvalue weighted by Crippen LogP contribution is 2.34.